The van der Waals surface area contributed by atoms with Crippen molar-refractivity contribution in [2.75, 3.05) is 18.4 Å². The smallest absolute Gasteiger partial charge is 0.334 e. The molecule has 1 aliphatic heterocycles. The van der Waals surface area contributed by atoms with Crippen molar-refractivity contribution >= 4 is 17.6 Å². The second kappa shape index (κ2) is 5.05. The van der Waals surface area contributed by atoms with Gasteiger partial charge >= 0.3 is 5.97 Å². The highest BCUT2D eigenvalue weighted by molar-refractivity contribution is 5.88. The molecule has 1 heterocycles. The van der Waals surface area contributed by atoms with E-state index in [4.69, 9.17) is 10.2 Å². The van der Waals surface area contributed by atoms with Crippen LogP contribution in [0.4, 0.5) is 5.69 Å². The number of carboxylic acids is 1. The van der Waals surface area contributed by atoms with Gasteiger partial charge in [-0.1, -0.05) is 18.2 Å². The predicted molar refractivity (Wildman–Crippen MR) is 64.3 cm³/mol. The number of aliphatic hydroxyl groups is 1. The fourth-order valence-electron chi connectivity index (χ4n) is 1.93. The molecule has 4 N–H and O–H groups in total. The summed E-state index contributed by atoms with van der Waals surface area (Å²) in [6, 6.07) is 7.46. The number of carbonyl (C=O) groups excluding carboxylic acids is 1. The van der Waals surface area contributed by atoms with E-state index >= 15 is 0 Å². The SMILES string of the molecule is O=C(NC[C@H](O)C(=O)O)C1CNc2ccccc21. The summed E-state index contributed by atoms with van der Waals surface area (Å²) in [5.74, 6) is -1.98. The van der Waals surface area contributed by atoms with Gasteiger partial charge in [-0.25, -0.2) is 4.79 Å². The van der Waals surface area contributed by atoms with E-state index in [0.717, 1.165) is 11.3 Å². The highest BCUT2D eigenvalue weighted by Crippen LogP contribution is 2.30. The molecule has 96 valence electrons. The lowest BCUT2D eigenvalue weighted by atomic mass is 10.0. The highest BCUT2D eigenvalue weighted by Gasteiger charge is 2.28. The van der Waals surface area contributed by atoms with Gasteiger partial charge in [-0.15, -0.1) is 0 Å². The topological polar surface area (TPSA) is 98.7 Å². The number of rotatable bonds is 4. The molecule has 1 aromatic rings. The number of nitrogens with one attached hydrogen (secondary N) is 2. The minimum Gasteiger partial charge on any atom is -0.479 e. The lowest BCUT2D eigenvalue weighted by Gasteiger charge is -2.12. The Bertz CT molecular complexity index is 475. The van der Waals surface area contributed by atoms with Gasteiger partial charge in [0.15, 0.2) is 6.10 Å². The third-order valence-electron chi connectivity index (χ3n) is 2.90. The summed E-state index contributed by atoms with van der Waals surface area (Å²) in [6.45, 7) is 0.196. The van der Waals surface area contributed by atoms with Crippen molar-refractivity contribution in [2.24, 2.45) is 0 Å². The first-order valence-corrected chi connectivity index (χ1v) is 5.61. The molecule has 0 radical (unpaired) electrons. The number of benzene rings is 1. The maximum atomic E-state index is 11.9. The number of carboxylic acid groups (broad SMARTS) is 1. The van der Waals surface area contributed by atoms with Crippen molar-refractivity contribution in [3.8, 4) is 0 Å². The molecular formula is C12H14N2O4. The number of aliphatic carboxylic acids is 1. The molecule has 0 bridgehead atoms. The van der Waals surface area contributed by atoms with Gasteiger partial charge < -0.3 is 20.8 Å². The molecule has 0 aliphatic carbocycles. The minimum atomic E-state index is -1.57. The Morgan fingerprint density at radius 3 is 2.89 bits per heavy atom. The molecule has 1 unspecified atom stereocenters. The van der Waals surface area contributed by atoms with E-state index in [0.29, 0.717) is 6.54 Å². The largest absolute Gasteiger partial charge is 0.479 e. The Morgan fingerprint density at radius 2 is 2.17 bits per heavy atom. The monoisotopic (exact) mass is 250 g/mol. The summed E-state index contributed by atoms with van der Waals surface area (Å²) in [7, 11) is 0. The van der Waals surface area contributed by atoms with Gasteiger partial charge in [0.1, 0.15) is 0 Å². The second-order valence-corrected chi connectivity index (χ2v) is 4.12. The van der Waals surface area contributed by atoms with Crippen LogP contribution in [0.1, 0.15) is 11.5 Å². The second-order valence-electron chi connectivity index (χ2n) is 4.12. The average Bonchev–Trinajstić information content (AvgIpc) is 2.79. The Kier molecular flexibility index (Phi) is 3.47. The van der Waals surface area contributed by atoms with Crippen molar-refractivity contribution in [1.29, 1.82) is 0 Å². The van der Waals surface area contributed by atoms with E-state index in [9.17, 15) is 9.59 Å². The first kappa shape index (κ1) is 12.4. The fraction of sp³-hybridized carbons (Fsp3) is 0.333. The van der Waals surface area contributed by atoms with Gasteiger partial charge in [-0.3, -0.25) is 4.79 Å². The third-order valence-corrected chi connectivity index (χ3v) is 2.90. The van der Waals surface area contributed by atoms with Gasteiger partial charge in [0.2, 0.25) is 5.91 Å². The molecular weight excluding hydrogens is 236 g/mol. The molecule has 0 spiro atoms. The Morgan fingerprint density at radius 1 is 1.44 bits per heavy atom. The van der Waals surface area contributed by atoms with Crippen LogP contribution in [0.15, 0.2) is 24.3 Å². The molecule has 0 fully saturated rings. The van der Waals surface area contributed by atoms with Crippen LogP contribution < -0.4 is 10.6 Å². The van der Waals surface area contributed by atoms with E-state index in [-0.39, 0.29) is 18.4 Å². The zero-order chi connectivity index (χ0) is 13.1. The molecule has 0 saturated heterocycles. The molecule has 6 nitrogen and oxygen atoms in total. The summed E-state index contributed by atoms with van der Waals surface area (Å²) in [4.78, 5) is 22.3. The number of amides is 1. The molecule has 6 heteroatoms. The van der Waals surface area contributed by atoms with E-state index in [2.05, 4.69) is 10.6 Å². The van der Waals surface area contributed by atoms with Crippen LogP contribution in [0.2, 0.25) is 0 Å². The van der Waals surface area contributed by atoms with Crippen LogP contribution >= 0.6 is 0 Å². The van der Waals surface area contributed by atoms with Gasteiger partial charge in [0.05, 0.1) is 12.5 Å². The van der Waals surface area contributed by atoms with E-state index in [1.165, 1.54) is 0 Å². The zero-order valence-electron chi connectivity index (χ0n) is 9.59. The number of aliphatic hydroxyl groups excluding tert-OH is 1. The van der Waals surface area contributed by atoms with Crippen LogP contribution in [0, 0.1) is 0 Å². The van der Waals surface area contributed by atoms with E-state index < -0.39 is 12.1 Å². The zero-order valence-corrected chi connectivity index (χ0v) is 9.59. The standard InChI is InChI=1S/C12H14N2O4/c15-10(12(17)18)6-14-11(16)8-5-13-9-4-2-1-3-7(8)9/h1-4,8,10,13,15H,5-6H2,(H,14,16)(H,17,18)/t8?,10-/m0/s1. The quantitative estimate of drug-likeness (QED) is 0.591. The van der Waals surface area contributed by atoms with Crippen molar-refractivity contribution in [2.45, 2.75) is 12.0 Å². The van der Waals surface area contributed by atoms with Gasteiger partial charge in [-0.2, -0.15) is 0 Å². The average molecular weight is 250 g/mol. The van der Waals surface area contributed by atoms with Gasteiger partial charge in [0.25, 0.3) is 0 Å². The van der Waals surface area contributed by atoms with Gasteiger partial charge in [0, 0.05) is 12.2 Å². The van der Waals surface area contributed by atoms with Crippen LogP contribution in [0.5, 0.6) is 0 Å². The number of para-hydroxylation sites is 1. The van der Waals surface area contributed by atoms with E-state index in [1.807, 2.05) is 24.3 Å². The van der Waals surface area contributed by atoms with Crippen LogP contribution in [-0.2, 0) is 9.59 Å². The fourth-order valence-corrected chi connectivity index (χ4v) is 1.93. The number of anilines is 1. The number of hydrogen-bond donors (Lipinski definition) is 4. The Labute approximate surface area is 104 Å². The lowest BCUT2D eigenvalue weighted by Crippen LogP contribution is -2.39. The Hall–Kier alpha value is -2.08. The minimum absolute atomic E-state index is 0.284. The summed E-state index contributed by atoms with van der Waals surface area (Å²) >= 11 is 0. The molecule has 0 saturated carbocycles. The molecule has 18 heavy (non-hydrogen) atoms. The molecule has 2 atom stereocenters. The van der Waals surface area contributed by atoms with Crippen LogP contribution in [0.25, 0.3) is 0 Å². The summed E-state index contributed by atoms with van der Waals surface area (Å²) < 4.78 is 0. The molecule has 1 aliphatic rings. The van der Waals surface area contributed by atoms with Crippen LogP contribution in [-0.4, -0.2) is 41.3 Å². The Balaban J connectivity index is 1.97. The maximum absolute atomic E-state index is 11.9. The van der Waals surface area contributed by atoms with Crippen molar-refractivity contribution in [1.82, 2.24) is 5.32 Å². The molecule has 1 amide bonds. The highest BCUT2D eigenvalue weighted by atomic mass is 16.4. The first-order valence-electron chi connectivity index (χ1n) is 5.61. The van der Waals surface area contributed by atoms with Crippen LogP contribution in [0.3, 0.4) is 0 Å². The van der Waals surface area contributed by atoms with Crippen molar-refractivity contribution in [3.05, 3.63) is 29.8 Å². The summed E-state index contributed by atoms with van der Waals surface area (Å²) in [5.41, 5.74) is 1.80. The van der Waals surface area contributed by atoms with Crippen molar-refractivity contribution in [3.63, 3.8) is 0 Å². The summed E-state index contributed by atoms with van der Waals surface area (Å²) in [5, 5.41) is 23.1. The number of hydrogen-bond acceptors (Lipinski definition) is 4. The maximum Gasteiger partial charge on any atom is 0.334 e. The normalized spacial score (nSPS) is 18.6. The third kappa shape index (κ3) is 2.43. The molecule has 1 aromatic carbocycles. The number of carbonyl (C=O) groups is 2. The first-order chi connectivity index (χ1) is 8.59. The van der Waals surface area contributed by atoms with E-state index in [1.54, 1.807) is 0 Å². The molecule has 0 aromatic heterocycles. The summed E-state index contributed by atoms with van der Waals surface area (Å²) in [6.07, 6.45) is -1.57. The number of fused-ring (bicyclic) bond motifs is 1. The molecule has 2 rings (SSSR count). The van der Waals surface area contributed by atoms with Gasteiger partial charge in [-0.05, 0) is 11.6 Å². The predicted octanol–water partition coefficient (Wildman–Crippen LogP) is -0.243. The van der Waals surface area contributed by atoms with Crippen molar-refractivity contribution < 1.29 is 19.8 Å². The lowest BCUT2D eigenvalue weighted by molar-refractivity contribution is -0.146.